The molecule has 90 valence electrons. The highest BCUT2D eigenvalue weighted by molar-refractivity contribution is 5.94. The molecule has 0 aromatic carbocycles. The van der Waals surface area contributed by atoms with E-state index in [1.54, 1.807) is 7.05 Å². The van der Waals surface area contributed by atoms with Crippen LogP contribution in [0.4, 0.5) is 5.95 Å². The third kappa shape index (κ3) is 2.21. The van der Waals surface area contributed by atoms with Gasteiger partial charge in [-0.05, 0) is 12.8 Å². The Morgan fingerprint density at radius 1 is 1.56 bits per heavy atom. The highest BCUT2D eigenvalue weighted by Gasteiger charge is 2.33. The van der Waals surface area contributed by atoms with Crippen LogP contribution in [0.15, 0.2) is 6.33 Å². The zero-order valence-electron chi connectivity index (χ0n) is 10.0. The topological polar surface area (TPSA) is 85.8 Å². The zero-order valence-corrected chi connectivity index (χ0v) is 10.0. The predicted octanol–water partition coefficient (Wildman–Crippen LogP) is 0.519. The molecule has 3 N–H and O–H groups in total. The Morgan fingerprint density at radius 3 is 2.56 bits per heavy atom. The van der Waals surface area contributed by atoms with E-state index in [9.17, 15) is 4.79 Å². The Hall–Kier alpha value is -1.43. The molecule has 0 radical (unpaired) electrons. The molecule has 0 aliphatic rings. The van der Waals surface area contributed by atoms with Crippen LogP contribution in [0.3, 0.4) is 0 Å². The maximum Gasteiger partial charge on any atom is 0.234 e. The first kappa shape index (κ1) is 12.6. The van der Waals surface area contributed by atoms with Gasteiger partial charge < -0.3 is 5.73 Å². The minimum Gasteiger partial charge on any atom is -0.329 e. The molecule has 6 nitrogen and oxygen atoms in total. The molecular formula is C10H19N5O. The van der Waals surface area contributed by atoms with Crippen molar-refractivity contribution in [3.8, 4) is 0 Å². The number of aryl methyl sites for hydroxylation is 1. The van der Waals surface area contributed by atoms with Gasteiger partial charge >= 0.3 is 0 Å². The number of rotatable bonds is 5. The number of nitrogens with zero attached hydrogens (tertiary/aromatic N) is 3. The Kier molecular flexibility index (Phi) is 4.00. The lowest BCUT2D eigenvalue weighted by Crippen LogP contribution is -2.42. The summed E-state index contributed by atoms with van der Waals surface area (Å²) in [5.74, 6) is 0.362. The molecule has 0 fully saturated rings. The first-order valence-electron chi connectivity index (χ1n) is 5.45. The molecule has 0 saturated heterocycles. The number of aromatic nitrogens is 3. The summed E-state index contributed by atoms with van der Waals surface area (Å²) in [4.78, 5) is 16.1. The average molecular weight is 225 g/mol. The van der Waals surface area contributed by atoms with Crippen molar-refractivity contribution in [3.05, 3.63) is 6.33 Å². The van der Waals surface area contributed by atoms with Crippen LogP contribution in [0.5, 0.6) is 0 Å². The molecule has 1 amide bonds. The van der Waals surface area contributed by atoms with E-state index in [0.29, 0.717) is 25.3 Å². The van der Waals surface area contributed by atoms with Crippen molar-refractivity contribution in [3.63, 3.8) is 0 Å². The van der Waals surface area contributed by atoms with Gasteiger partial charge in [0.25, 0.3) is 0 Å². The average Bonchev–Trinajstić information content (AvgIpc) is 2.68. The number of carbonyl (C=O) groups excluding carboxylic acids is 1. The van der Waals surface area contributed by atoms with Crippen LogP contribution in [-0.2, 0) is 11.8 Å². The van der Waals surface area contributed by atoms with Crippen molar-refractivity contribution >= 4 is 11.9 Å². The van der Waals surface area contributed by atoms with Gasteiger partial charge in [-0.25, -0.2) is 4.68 Å². The van der Waals surface area contributed by atoms with Gasteiger partial charge in [0.1, 0.15) is 6.33 Å². The molecule has 0 unspecified atom stereocenters. The first-order valence-corrected chi connectivity index (χ1v) is 5.45. The van der Waals surface area contributed by atoms with E-state index in [2.05, 4.69) is 15.4 Å². The largest absolute Gasteiger partial charge is 0.329 e. The maximum absolute atomic E-state index is 12.1. The lowest BCUT2D eigenvalue weighted by molar-refractivity contribution is -0.125. The zero-order chi connectivity index (χ0) is 12.2. The number of nitrogens with two attached hydrogens (primary N) is 1. The Bertz CT molecular complexity index is 348. The van der Waals surface area contributed by atoms with Crippen LogP contribution in [0.25, 0.3) is 0 Å². The van der Waals surface area contributed by atoms with Crippen molar-refractivity contribution < 1.29 is 4.79 Å². The lowest BCUT2D eigenvalue weighted by atomic mass is 9.81. The summed E-state index contributed by atoms with van der Waals surface area (Å²) in [5.41, 5.74) is 5.19. The minimum atomic E-state index is -0.508. The fraction of sp³-hybridized carbons (Fsp3) is 0.700. The third-order valence-corrected chi connectivity index (χ3v) is 3.16. The summed E-state index contributed by atoms with van der Waals surface area (Å²) in [5, 5.41) is 6.64. The quantitative estimate of drug-likeness (QED) is 0.765. The summed E-state index contributed by atoms with van der Waals surface area (Å²) in [7, 11) is 1.73. The predicted molar refractivity (Wildman–Crippen MR) is 61.7 cm³/mol. The van der Waals surface area contributed by atoms with E-state index in [1.165, 1.54) is 11.0 Å². The number of anilines is 1. The van der Waals surface area contributed by atoms with E-state index in [-0.39, 0.29) is 5.91 Å². The fourth-order valence-corrected chi connectivity index (χ4v) is 1.60. The standard InChI is InChI=1S/C10H19N5O/c1-4-10(5-2,6-11)8(16)14-9-12-7-13-15(9)3/h7H,4-6,11H2,1-3H3,(H,12,13,14,16). The van der Waals surface area contributed by atoms with Gasteiger partial charge in [-0.1, -0.05) is 13.8 Å². The number of hydrogen-bond donors (Lipinski definition) is 2. The van der Waals surface area contributed by atoms with Crippen molar-refractivity contribution in [1.29, 1.82) is 0 Å². The fourth-order valence-electron chi connectivity index (χ4n) is 1.60. The van der Waals surface area contributed by atoms with Crippen LogP contribution in [0.1, 0.15) is 26.7 Å². The van der Waals surface area contributed by atoms with Crippen molar-refractivity contribution in [2.45, 2.75) is 26.7 Å². The molecule has 0 bridgehead atoms. The van der Waals surface area contributed by atoms with E-state index < -0.39 is 5.41 Å². The van der Waals surface area contributed by atoms with E-state index >= 15 is 0 Å². The van der Waals surface area contributed by atoms with E-state index in [1.807, 2.05) is 13.8 Å². The Labute approximate surface area is 95.2 Å². The summed E-state index contributed by atoms with van der Waals surface area (Å²) >= 11 is 0. The Balaban J connectivity index is 2.81. The molecule has 1 rings (SSSR count). The molecule has 0 aliphatic carbocycles. The summed E-state index contributed by atoms with van der Waals surface area (Å²) in [6.45, 7) is 4.27. The number of nitrogens with one attached hydrogen (secondary N) is 1. The van der Waals surface area contributed by atoms with E-state index in [0.717, 1.165) is 0 Å². The summed E-state index contributed by atoms with van der Waals surface area (Å²) < 4.78 is 1.52. The number of carbonyl (C=O) groups is 1. The minimum absolute atomic E-state index is 0.0869. The van der Waals surface area contributed by atoms with Crippen LogP contribution in [-0.4, -0.2) is 27.2 Å². The molecule has 0 aliphatic heterocycles. The molecule has 16 heavy (non-hydrogen) atoms. The Morgan fingerprint density at radius 2 is 2.19 bits per heavy atom. The number of amides is 1. The smallest absolute Gasteiger partial charge is 0.234 e. The molecule has 0 atom stereocenters. The summed E-state index contributed by atoms with van der Waals surface area (Å²) in [6, 6.07) is 0. The highest BCUT2D eigenvalue weighted by Crippen LogP contribution is 2.26. The van der Waals surface area contributed by atoms with Gasteiger partial charge in [-0.2, -0.15) is 10.1 Å². The van der Waals surface area contributed by atoms with Gasteiger partial charge in [-0.15, -0.1) is 0 Å². The van der Waals surface area contributed by atoms with Gasteiger partial charge in [-0.3, -0.25) is 10.1 Å². The second-order valence-corrected chi connectivity index (χ2v) is 3.85. The summed E-state index contributed by atoms with van der Waals surface area (Å²) in [6.07, 6.45) is 2.82. The SMILES string of the molecule is CCC(CC)(CN)C(=O)Nc1ncnn1C. The van der Waals surface area contributed by atoms with Gasteiger partial charge in [0.2, 0.25) is 11.9 Å². The first-order chi connectivity index (χ1) is 7.59. The third-order valence-electron chi connectivity index (χ3n) is 3.16. The van der Waals surface area contributed by atoms with Crippen molar-refractivity contribution in [2.24, 2.45) is 18.2 Å². The lowest BCUT2D eigenvalue weighted by Gasteiger charge is -2.28. The van der Waals surface area contributed by atoms with Crippen molar-refractivity contribution in [1.82, 2.24) is 14.8 Å². The second-order valence-electron chi connectivity index (χ2n) is 3.85. The molecule has 1 aromatic heterocycles. The van der Waals surface area contributed by atoms with Crippen LogP contribution in [0.2, 0.25) is 0 Å². The van der Waals surface area contributed by atoms with Gasteiger partial charge in [0, 0.05) is 13.6 Å². The second kappa shape index (κ2) is 5.07. The highest BCUT2D eigenvalue weighted by atomic mass is 16.2. The molecular weight excluding hydrogens is 206 g/mol. The van der Waals surface area contributed by atoms with Crippen LogP contribution in [0, 0.1) is 5.41 Å². The van der Waals surface area contributed by atoms with E-state index in [4.69, 9.17) is 5.73 Å². The maximum atomic E-state index is 12.1. The van der Waals surface area contributed by atoms with Crippen molar-refractivity contribution in [2.75, 3.05) is 11.9 Å². The molecule has 6 heteroatoms. The molecule has 1 heterocycles. The molecule has 0 saturated carbocycles. The van der Waals surface area contributed by atoms with Crippen LogP contribution < -0.4 is 11.1 Å². The van der Waals surface area contributed by atoms with Gasteiger partial charge in [0.15, 0.2) is 0 Å². The van der Waals surface area contributed by atoms with Crippen LogP contribution >= 0.6 is 0 Å². The normalized spacial score (nSPS) is 11.5. The number of hydrogen-bond acceptors (Lipinski definition) is 4. The van der Waals surface area contributed by atoms with Gasteiger partial charge in [0.05, 0.1) is 5.41 Å². The monoisotopic (exact) mass is 225 g/mol. The molecule has 0 spiro atoms. The molecule has 1 aromatic rings.